The highest BCUT2D eigenvalue weighted by molar-refractivity contribution is 6.42. The summed E-state index contributed by atoms with van der Waals surface area (Å²) in [7, 11) is 1.49. The summed E-state index contributed by atoms with van der Waals surface area (Å²) < 4.78 is 5.37. The van der Waals surface area contributed by atoms with Gasteiger partial charge in [0.25, 0.3) is 0 Å². The Labute approximate surface area is 244 Å². The summed E-state index contributed by atoms with van der Waals surface area (Å²) in [4.78, 5) is 42.7. The lowest BCUT2D eigenvalue weighted by Crippen LogP contribution is -2.53. The number of carbonyl (C=O) groups excluding carboxylic acids is 2. The number of carbonyl (C=O) groups is 3. The Morgan fingerprint density at radius 1 is 1.20 bits per heavy atom. The van der Waals surface area contributed by atoms with Crippen molar-refractivity contribution in [2.75, 3.05) is 20.2 Å². The molecule has 2 aliphatic heterocycles. The number of aliphatic carboxylic acids is 1. The quantitative estimate of drug-likeness (QED) is 0.366. The summed E-state index contributed by atoms with van der Waals surface area (Å²) in [6, 6.07) is 12.0. The molecule has 0 radical (unpaired) electrons. The van der Waals surface area contributed by atoms with E-state index < -0.39 is 24.0 Å². The van der Waals surface area contributed by atoms with Crippen molar-refractivity contribution in [3.8, 4) is 5.75 Å². The van der Waals surface area contributed by atoms with Gasteiger partial charge in [-0.2, -0.15) is 0 Å². The molecule has 11 heteroatoms. The minimum absolute atomic E-state index is 0.00112. The van der Waals surface area contributed by atoms with Crippen LogP contribution in [0.4, 0.5) is 0 Å². The molecule has 0 saturated carbocycles. The predicted molar refractivity (Wildman–Crippen MR) is 153 cm³/mol. The molecule has 2 saturated heterocycles. The van der Waals surface area contributed by atoms with Crippen molar-refractivity contribution in [1.82, 2.24) is 15.1 Å². The molecule has 0 aliphatic carbocycles. The minimum Gasteiger partial charge on any atom is -0.496 e. The first-order valence-corrected chi connectivity index (χ1v) is 14.3. The minimum atomic E-state index is -1.03. The van der Waals surface area contributed by atoms with E-state index in [0.29, 0.717) is 47.3 Å². The summed E-state index contributed by atoms with van der Waals surface area (Å²) in [5, 5.41) is 12.9. The number of methoxy groups -OCH3 is 1. The van der Waals surface area contributed by atoms with E-state index in [4.69, 9.17) is 33.7 Å². The zero-order valence-corrected chi connectivity index (χ0v) is 24.0. The molecule has 4 atom stereocenters. The Kier molecular flexibility index (Phi) is 10.3. The number of benzene rings is 2. The molecule has 0 spiro atoms. The van der Waals surface area contributed by atoms with Crippen LogP contribution in [0.1, 0.15) is 43.2 Å². The van der Waals surface area contributed by atoms with E-state index >= 15 is 0 Å². The van der Waals surface area contributed by atoms with Crippen LogP contribution in [0, 0.1) is 0 Å². The van der Waals surface area contributed by atoms with Gasteiger partial charge in [0.1, 0.15) is 11.8 Å². The highest BCUT2D eigenvalue weighted by Gasteiger charge is 2.45. The molecular formula is C29H36Cl2N4O5. The number of hydrogen-bond acceptors (Lipinski definition) is 6. The summed E-state index contributed by atoms with van der Waals surface area (Å²) in [5.74, 6) is -1.18. The first-order valence-electron chi connectivity index (χ1n) is 13.5. The summed E-state index contributed by atoms with van der Waals surface area (Å²) in [6.07, 6.45) is 2.65. The van der Waals surface area contributed by atoms with Gasteiger partial charge in [0.05, 0.1) is 23.2 Å². The zero-order chi connectivity index (χ0) is 28.8. The van der Waals surface area contributed by atoms with Crippen LogP contribution in [-0.2, 0) is 27.3 Å². The lowest BCUT2D eigenvalue weighted by atomic mass is 10.0. The molecule has 0 aromatic heterocycles. The maximum Gasteiger partial charge on any atom is 0.303 e. The van der Waals surface area contributed by atoms with Crippen molar-refractivity contribution < 1.29 is 24.2 Å². The van der Waals surface area contributed by atoms with Gasteiger partial charge in [-0.1, -0.05) is 53.5 Å². The summed E-state index contributed by atoms with van der Waals surface area (Å²) in [6.45, 7) is 1.05. The number of nitrogens with two attached hydrogens (primary N) is 1. The third kappa shape index (κ3) is 7.26. The number of carboxylic acid groups (broad SMARTS) is 1. The van der Waals surface area contributed by atoms with Crippen LogP contribution in [0.3, 0.4) is 0 Å². The molecule has 2 fully saturated rings. The van der Waals surface area contributed by atoms with Gasteiger partial charge in [0.2, 0.25) is 11.8 Å². The van der Waals surface area contributed by atoms with Gasteiger partial charge in [0.15, 0.2) is 0 Å². The van der Waals surface area contributed by atoms with Gasteiger partial charge in [-0.15, -0.1) is 0 Å². The second-order valence-electron chi connectivity index (χ2n) is 10.5. The fourth-order valence-corrected chi connectivity index (χ4v) is 6.12. The van der Waals surface area contributed by atoms with Gasteiger partial charge in [0, 0.05) is 49.8 Å². The maximum absolute atomic E-state index is 13.9. The third-order valence-electron chi connectivity index (χ3n) is 7.81. The summed E-state index contributed by atoms with van der Waals surface area (Å²) >= 11 is 12.3. The average Bonchev–Trinajstić information content (AvgIpc) is 3.28. The number of hydrogen-bond donors (Lipinski definition) is 3. The van der Waals surface area contributed by atoms with Crippen LogP contribution < -0.4 is 15.8 Å². The number of halogens is 2. The number of fused-ring (bicyclic) bond motifs is 1. The second kappa shape index (κ2) is 13.7. The first kappa shape index (κ1) is 30.1. The Morgan fingerprint density at radius 2 is 1.93 bits per heavy atom. The van der Waals surface area contributed by atoms with Crippen molar-refractivity contribution in [3.05, 3.63) is 63.6 Å². The average molecular weight is 592 g/mol. The molecule has 216 valence electrons. The highest BCUT2D eigenvalue weighted by Crippen LogP contribution is 2.32. The smallest absolute Gasteiger partial charge is 0.303 e. The number of rotatable bonds is 11. The SMILES string of the molecule is COc1cc(Cl)c(Cl)cc1CNC(=O)[C@@H](CCC(=O)O)N1CCC(CCc2ccccc2)N2C[C@H](N)C[C@H]2C1=O. The van der Waals surface area contributed by atoms with Crippen molar-refractivity contribution in [1.29, 1.82) is 0 Å². The molecule has 0 bridgehead atoms. The zero-order valence-electron chi connectivity index (χ0n) is 22.5. The predicted octanol–water partition coefficient (Wildman–Crippen LogP) is 3.49. The number of ether oxygens (including phenoxy) is 1. The largest absolute Gasteiger partial charge is 0.496 e. The normalized spacial score (nSPS) is 21.9. The van der Waals surface area contributed by atoms with Crippen LogP contribution in [-0.4, -0.2) is 77.1 Å². The molecule has 4 N–H and O–H groups in total. The van der Waals surface area contributed by atoms with E-state index in [9.17, 15) is 19.5 Å². The Morgan fingerprint density at radius 3 is 2.62 bits per heavy atom. The molecule has 2 heterocycles. The summed E-state index contributed by atoms with van der Waals surface area (Å²) in [5.41, 5.74) is 8.16. The number of aryl methyl sites for hydroxylation is 1. The van der Waals surface area contributed by atoms with Crippen LogP contribution in [0.5, 0.6) is 5.75 Å². The van der Waals surface area contributed by atoms with Crippen molar-refractivity contribution in [2.45, 2.75) is 69.2 Å². The third-order valence-corrected chi connectivity index (χ3v) is 8.53. The van der Waals surface area contributed by atoms with Crippen LogP contribution in [0.2, 0.25) is 10.0 Å². The van der Waals surface area contributed by atoms with Gasteiger partial charge in [-0.25, -0.2) is 0 Å². The van der Waals surface area contributed by atoms with Gasteiger partial charge in [-0.05, 0) is 43.7 Å². The molecular weight excluding hydrogens is 555 g/mol. The molecule has 9 nitrogen and oxygen atoms in total. The molecule has 4 rings (SSSR count). The van der Waals surface area contributed by atoms with Crippen LogP contribution in [0.15, 0.2) is 42.5 Å². The Bertz CT molecular complexity index is 1210. The van der Waals surface area contributed by atoms with Crippen molar-refractivity contribution in [2.24, 2.45) is 5.73 Å². The molecule has 2 aromatic rings. The van der Waals surface area contributed by atoms with Crippen molar-refractivity contribution >= 4 is 41.0 Å². The Balaban J connectivity index is 1.53. The molecule has 1 unspecified atom stereocenters. The molecule has 40 heavy (non-hydrogen) atoms. The van der Waals surface area contributed by atoms with Crippen LogP contribution >= 0.6 is 23.2 Å². The van der Waals surface area contributed by atoms with Crippen LogP contribution in [0.25, 0.3) is 0 Å². The topological polar surface area (TPSA) is 125 Å². The number of amides is 2. The first-order chi connectivity index (χ1) is 19.2. The highest BCUT2D eigenvalue weighted by atomic mass is 35.5. The van der Waals surface area contributed by atoms with Crippen molar-refractivity contribution in [3.63, 3.8) is 0 Å². The van der Waals surface area contributed by atoms with E-state index in [-0.39, 0.29) is 37.4 Å². The molecule has 2 aliphatic rings. The Hall–Kier alpha value is -2.85. The lowest BCUT2D eigenvalue weighted by Gasteiger charge is -2.32. The van der Waals surface area contributed by atoms with Gasteiger partial charge < -0.3 is 25.8 Å². The fourth-order valence-electron chi connectivity index (χ4n) is 5.78. The van der Waals surface area contributed by atoms with E-state index in [1.54, 1.807) is 17.0 Å². The maximum atomic E-state index is 13.9. The standard InChI is InChI=1S/C29H36Cl2N4O5/c1-40-26-15-23(31)22(30)13-19(26)16-33-28(38)24(9-10-27(36)37)34-12-11-21(8-7-18-5-3-2-4-6-18)35-17-20(32)14-25(35)29(34)39/h2-6,13,15,20-21,24-25H,7-12,14,16-17,32H2,1H3,(H,33,38)(H,36,37)/t20-,21?,24-,25+/m1/s1. The number of nitrogens with one attached hydrogen (secondary N) is 1. The second-order valence-corrected chi connectivity index (χ2v) is 11.3. The lowest BCUT2D eigenvalue weighted by molar-refractivity contribution is -0.144. The van der Waals surface area contributed by atoms with Gasteiger partial charge in [-0.3, -0.25) is 19.3 Å². The van der Waals surface area contributed by atoms with E-state index in [2.05, 4.69) is 22.3 Å². The van der Waals surface area contributed by atoms with E-state index in [1.807, 2.05) is 18.2 Å². The van der Waals surface area contributed by atoms with Gasteiger partial charge >= 0.3 is 5.97 Å². The monoisotopic (exact) mass is 590 g/mol. The molecule has 2 aromatic carbocycles. The number of carboxylic acids is 1. The molecule has 2 amide bonds. The van der Waals surface area contributed by atoms with E-state index in [1.165, 1.54) is 12.7 Å². The van der Waals surface area contributed by atoms with E-state index in [0.717, 1.165) is 12.8 Å². The fraction of sp³-hybridized carbons (Fsp3) is 0.483. The number of nitrogens with zero attached hydrogens (tertiary/aromatic N) is 2.